The molecule has 1 aromatic heterocycles. The van der Waals surface area contributed by atoms with Crippen LogP contribution in [0.25, 0.3) is 0 Å². The second-order valence-corrected chi connectivity index (χ2v) is 6.34. The van der Waals surface area contributed by atoms with Crippen LogP contribution in [0.1, 0.15) is 26.3 Å². The Morgan fingerprint density at radius 1 is 1.38 bits per heavy atom. The minimum atomic E-state index is -0.746. The summed E-state index contributed by atoms with van der Waals surface area (Å²) in [6.45, 7) is 5.73. The van der Waals surface area contributed by atoms with Gasteiger partial charge in [0.25, 0.3) is 11.5 Å². The zero-order valence-corrected chi connectivity index (χ0v) is 16.8. The Kier molecular flexibility index (Phi) is 7.78. The maximum Gasteiger partial charge on any atom is 0.342 e. The smallest absolute Gasteiger partial charge is 0.342 e. The average Bonchev–Trinajstić information content (AvgIpc) is 2.64. The summed E-state index contributed by atoms with van der Waals surface area (Å²) in [6, 6.07) is 3.31. The normalized spacial score (nSPS) is 10.9. The molecule has 0 fully saturated rings. The fourth-order valence-corrected chi connectivity index (χ4v) is 2.39. The molecule has 0 bridgehead atoms. The van der Waals surface area contributed by atoms with E-state index >= 15 is 0 Å². The maximum atomic E-state index is 11.8. The summed E-state index contributed by atoms with van der Waals surface area (Å²) in [4.78, 5) is 36.2. The van der Waals surface area contributed by atoms with Crippen molar-refractivity contribution in [2.45, 2.75) is 26.9 Å². The van der Waals surface area contributed by atoms with E-state index in [9.17, 15) is 14.4 Å². The van der Waals surface area contributed by atoms with Crippen molar-refractivity contribution in [3.05, 3.63) is 43.6 Å². The van der Waals surface area contributed by atoms with Gasteiger partial charge in [-0.2, -0.15) is 5.10 Å². The first-order valence-electron chi connectivity index (χ1n) is 8.68. The van der Waals surface area contributed by atoms with Crippen LogP contribution < -0.4 is 31.5 Å². The highest BCUT2D eigenvalue weighted by atomic mass is 35.5. The van der Waals surface area contributed by atoms with Gasteiger partial charge in [0, 0.05) is 0 Å². The minimum Gasteiger partial charge on any atom is -0.490 e. The Morgan fingerprint density at radius 2 is 2.14 bits per heavy atom. The van der Waals surface area contributed by atoms with Crippen LogP contribution in [0.3, 0.4) is 0 Å². The summed E-state index contributed by atoms with van der Waals surface area (Å²) in [5.41, 5.74) is 1.39. The number of nitrogens with one attached hydrogen (secondary N) is 4. The minimum absolute atomic E-state index is 0.0813. The predicted octanol–water partition coefficient (Wildman–Crippen LogP) is 0.860. The van der Waals surface area contributed by atoms with Gasteiger partial charge in [-0.1, -0.05) is 11.6 Å². The lowest BCUT2D eigenvalue weighted by molar-refractivity contribution is -0.119. The van der Waals surface area contributed by atoms with Crippen molar-refractivity contribution in [3.8, 4) is 11.5 Å². The van der Waals surface area contributed by atoms with Crippen molar-refractivity contribution in [2.24, 2.45) is 5.10 Å². The number of H-pyrrole nitrogens is 2. The van der Waals surface area contributed by atoms with Crippen molar-refractivity contribution >= 4 is 29.5 Å². The van der Waals surface area contributed by atoms with E-state index in [2.05, 4.69) is 20.9 Å². The number of nitrogens with zero attached hydrogens (tertiary/aromatic N) is 2. The van der Waals surface area contributed by atoms with Gasteiger partial charge < -0.3 is 14.8 Å². The predicted molar refractivity (Wildman–Crippen MR) is 108 cm³/mol. The first-order valence-corrected chi connectivity index (χ1v) is 9.05. The van der Waals surface area contributed by atoms with Crippen LogP contribution in [-0.2, 0) is 4.79 Å². The standard InChI is InChI=1S/C17H21ClN6O5/c1-4-28-12-6-10(5-11(18)14(12)29-9(2)3)7-20-22-13(25)8-19-15-16(26)21-17(27)24-23-15/h5-7,9H,4,8H2,1-3H3,(H,19,23)(H,22,25)(H2,21,24,26,27)/b20-7+. The lowest BCUT2D eigenvalue weighted by atomic mass is 10.2. The summed E-state index contributed by atoms with van der Waals surface area (Å²) in [7, 11) is 0. The molecule has 12 heteroatoms. The summed E-state index contributed by atoms with van der Waals surface area (Å²) < 4.78 is 11.2. The number of halogens is 1. The van der Waals surface area contributed by atoms with Crippen molar-refractivity contribution in [1.29, 1.82) is 0 Å². The number of anilines is 1. The summed E-state index contributed by atoms with van der Waals surface area (Å²) in [5, 5.41) is 12.2. The molecule has 0 aliphatic carbocycles. The molecule has 0 aliphatic rings. The molecule has 0 aliphatic heterocycles. The quantitative estimate of drug-likeness (QED) is 0.344. The van der Waals surface area contributed by atoms with E-state index in [0.29, 0.717) is 28.7 Å². The third-order valence-electron chi connectivity index (χ3n) is 3.22. The molecule has 0 atom stereocenters. The van der Waals surface area contributed by atoms with E-state index in [1.165, 1.54) is 6.21 Å². The zero-order valence-electron chi connectivity index (χ0n) is 16.0. The number of benzene rings is 1. The Morgan fingerprint density at radius 3 is 2.79 bits per heavy atom. The van der Waals surface area contributed by atoms with E-state index in [0.717, 1.165) is 0 Å². The molecule has 0 spiro atoms. The van der Waals surface area contributed by atoms with Crippen LogP contribution in [-0.4, -0.2) is 46.6 Å². The van der Waals surface area contributed by atoms with Gasteiger partial charge in [0.1, 0.15) is 0 Å². The third kappa shape index (κ3) is 6.64. The van der Waals surface area contributed by atoms with E-state index in [1.54, 1.807) is 12.1 Å². The number of amides is 1. The highest BCUT2D eigenvalue weighted by Gasteiger charge is 2.13. The molecular formula is C17H21ClN6O5. The molecule has 29 heavy (non-hydrogen) atoms. The average molecular weight is 425 g/mol. The lowest BCUT2D eigenvalue weighted by Crippen LogP contribution is -2.31. The molecule has 1 amide bonds. The number of hydrogen-bond acceptors (Lipinski definition) is 8. The summed E-state index contributed by atoms with van der Waals surface area (Å²) in [6.07, 6.45) is 1.30. The van der Waals surface area contributed by atoms with Crippen molar-refractivity contribution in [3.63, 3.8) is 0 Å². The highest BCUT2D eigenvalue weighted by molar-refractivity contribution is 6.32. The van der Waals surface area contributed by atoms with Crippen LogP contribution >= 0.6 is 11.6 Å². The van der Waals surface area contributed by atoms with Crippen LogP contribution in [0.2, 0.25) is 5.02 Å². The second-order valence-electron chi connectivity index (χ2n) is 5.93. The Balaban J connectivity index is 2.00. The molecule has 2 rings (SSSR count). The number of aromatic nitrogens is 3. The number of carbonyl (C=O) groups excluding carboxylic acids is 1. The largest absolute Gasteiger partial charge is 0.490 e. The first kappa shape index (κ1) is 22.0. The lowest BCUT2D eigenvalue weighted by Gasteiger charge is -2.16. The van der Waals surface area contributed by atoms with Crippen LogP contribution in [0.4, 0.5) is 5.82 Å². The number of carbonyl (C=O) groups is 1. The fraction of sp³-hybridized carbons (Fsp3) is 0.353. The molecule has 11 nitrogen and oxygen atoms in total. The Bertz CT molecular complexity index is 1000. The maximum absolute atomic E-state index is 11.8. The SMILES string of the molecule is CCOc1cc(/C=N/NC(=O)CNc2n[nH]c(=O)[nH]c2=O)cc(Cl)c1OC(C)C. The molecule has 4 N–H and O–H groups in total. The third-order valence-corrected chi connectivity index (χ3v) is 3.50. The molecule has 1 heterocycles. The number of rotatable bonds is 9. The van der Waals surface area contributed by atoms with Gasteiger partial charge in [-0.3, -0.25) is 14.6 Å². The van der Waals surface area contributed by atoms with Gasteiger partial charge in [-0.05, 0) is 38.5 Å². The van der Waals surface area contributed by atoms with E-state index < -0.39 is 17.2 Å². The zero-order chi connectivity index (χ0) is 21.4. The van der Waals surface area contributed by atoms with E-state index in [-0.39, 0.29) is 18.5 Å². The first-order chi connectivity index (χ1) is 13.8. The molecule has 1 aromatic carbocycles. The number of hydrogen-bond donors (Lipinski definition) is 4. The highest BCUT2D eigenvalue weighted by Crippen LogP contribution is 2.37. The molecule has 0 saturated carbocycles. The van der Waals surface area contributed by atoms with E-state index in [4.69, 9.17) is 21.1 Å². The topological polar surface area (TPSA) is 151 Å². The molecule has 156 valence electrons. The van der Waals surface area contributed by atoms with Gasteiger partial charge in [0.05, 0.1) is 30.5 Å². The molecule has 0 unspecified atom stereocenters. The van der Waals surface area contributed by atoms with Gasteiger partial charge >= 0.3 is 5.69 Å². The van der Waals surface area contributed by atoms with Crippen LogP contribution in [0.5, 0.6) is 11.5 Å². The van der Waals surface area contributed by atoms with E-state index in [1.807, 2.05) is 30.9 Å². The van der Waals surface area contributed by atoms with Crippen molar-refractivity contribution in [2.75, 3.05) is 18.5 Å². The van der Waals surface area contributed by atoms with Gasteiger partial charge in [-0.15, -0.1) is 5.10 Å². The number of ether oxygens (including phenoxy) is 2. The van der Waals surface area contributed by atoms with Crippen LogP contribution in [0, 0.1) is 0 Å². The number of hydrazone groups is 1. The molecule has 0 radical (unpaired) electrons. The summed E-state index contributed by atoms with van der Waals surface area (Å²) >= 11 is 6.27. The molecule has 0 saturated heterocycles. The van der Waals surface area contributed by atoms with Crippen molar-refractivity contribution in [1.82, 2.24) is 20.6 Å². The summed E-state index contributed by atoms with van der Waals surface area (Å²) in [5.74, 6) is 0.168. The monoisotopic (exact) mass is 424 g/mol. The fourth-order valence-electron chi connectivity index (χ4n) is 2.13. The molecule has 2 aromatic rings. The Labute approximate surface area is 170 Å². The second kappa shape index (κ2) is 10.3. The van der Waals surface area contributed by atoms with Gasteiger partial charge in [-0.25, -0.2) is 15.3 Å². The van der Waals surface area contributed by atoms with Crippen LogP contribution in [0.15, 0.2) is 26.8 Å². The van der Waals surface area contributed by atoms with Crippen molar-refractivity contribution < 1.29 is 14.3 Å². The number of aromatic amines is 2. The Hall–Kier alpha value is -3.34. The van der Waals surface area contributed by atoms with Gasteiger partial charge in [0.2, 0.25) is 5.82 Å². The molecular weight excluding hydrogens is 404 g/mol. The van der Waals surface area contributed by atoms with Gasteiger partial charge in [0.15, 0.2) is 11.5 Å².